The average Bonchev–Trinajstić information content (AvgIpc) is 2.69. The van der Waals surface area contributed by atoms with Crippen molar-refractivity contribution in [3.05, 3.63) is 65.7 Å². The summed E-state index contributed by atoms with van der Waals surface area (Å²) in [5.74, 6) is 0. The van der Waals surface area contributed by atoms with E-state index in [-0.39, 0.29) is 6.04 Å². The van der Waals surface area contributed by atoms with E-state index in [0.717, 1.165) is 0 Å². The van der Waals surface area contributed by atoms with Crippen LogP contribution in [-0.4, -0.2) is 7.05 Å². The molecule has 1 heterocycles. The molecule has 0 bridgehead atoms. The molecule has 2 aromatic carbocycles. The van der Waals surface area contributed by atoms with Gasteiger partial charge in [0.2, 0.25) is 0 Å². The van der Waals surface area contributed by atoms with Crippen molar-refractivity contribution >= 4 is 5.69 Å². The van der Waals surface area contributed by atoms with Crippen LogP contribution in [0.3, 0.4) is 0 Å². The summed E-state index contributed by atoms with van der Waals surface area (Å²) in [7, 11) is 2.06. The highest BCUT2D eigenvalue weighted by molar-refractivity contribution is 5.60. The van der Waals surface area contributed by atoms with Gasteiger partial charge in [-0.1, -0.05) is 48.5 Å². The van der Waals surface area contributed by atoms with Crippen LogP contribution in [0.4, 0.5) is 5.69 Å². The molecule has 0 fully saturated rings. The quantitative estimate of drug-likeness (QED) is 0.778. The Morgan fingerprint density at radius 3 is 2.44 bits per heavy atom. The molecule has 0 aliphatic carbocycles. The number of hydrogen-bond donors (Lipinski definition) is 1. The second-order valence-corrected chi connectivity index (χ2v) is 4.09. The molecule has 80 valence electrons. The Morgan fingerprint density at radius 2 is 1.62 bits per heavy atom. The highest BCUT2D eigenvalue weighted by Crippen LogP contribution is 2.35. The molecule has 1 aliphatic rings. The van der Waals surface area contributed by atoms with Crippen LogP contribution in [0.15, 0.2) is 54.6 Å². The third-order valence-electron chi connectivity index (χ3n) is 3.06. The van der Waals surface area contributed by atoms with Gasteiger partial charge in [0, 0.05) is 12.6 Å². The molecule has 3 rings (SSSR count). The van der Waals surface area contributed by atoms with Gasteiger partial charge in [-0.15, -0.1) is 0 Å². The number of hydrazine groups is 1. The van der Waals surface area contributed by atoms with Gasteiger partial charge in [-0.3, -0.25) is 0 Å². The first kappa shape index (κ1) is 9.43. The summed E-state index contributed by atoms with van der Waals surface area (Å²) in [5, 5.41) is 2.09. The minimum absolute atomic E-state index is 0.280. The van der Waals surface area contributed by atoms with Gasteiger partial charge >= 0.3 is 0 Å². The highest BCUT2D eigenvalue weighted by Gasteiger charge is 2.26. The summed E-state index contributed by atoms with van der Waals surface area (Å²) in [4.78, 5) is 0. The smallest absolute Gasteiger partial charge is 0.0782 e. The second kappa shape index (κ2) is 3.65. The predicted molar refractivity (Wildman–Crippen MR) is 66.3 cm³/mol. The van der Waals surface area contributed by atoms with Crippen LogP contribution >= 0.6 is 0 Å². The van der Waals surface area contributed by atoms with Gasteiger partial charge in [0.1, 0.15) is 0 Å². The topological polar surface area (TPSA) is 15.3 Å². The number of benzene rings is 2. The van der Waals surface area contributed by atoms with E-state index in [1.54, 1.807) is 0 Å². The standard InChI is InChI=1S/C14H14N2/c1-16-13-10-6-5-9-12(13)14(15-16)11-7-3-2-4-8-11/h2-10,14-15H,1H3. The third kappa shape index (κ3) is 1.39. The number of anilines is 1. The molecule has 0 aromatic heterocycles. The zero-order valence-electron chi connectivity index (χ0n) is 9.22. The monoisotopic (exact) mass is 210 g/mol. The first-order valence-corrected chi connectivity index (χ1v) is 5.50. The fraction of sp³-hybridized carbons (Fsp3) is 0.143. The van der Waals surface area contributed by atoms with Crippen molar-refractivity contribution in [2.45, 2.75) is 6.04 Å². The van der Waals surface area contributed by atoms with E-state index >= 15 is 0 Å². The lowest BCUT2D eigenvalue weighted by atomic mass is 9.99. The summed E-state index contributed by atoms with van der Waals surface area (Å²) in [6.07, 6.45) is 0. The van der Waals surface area contributed by atoms with Gasteiger partial charge in [-0.2, -0.15) is 0 Å². The minimum Gasteiger partial charge on any atom is -0.310 e. The lowest BCUT2D eigenvalue weighted by Gasteiger charge is -2.15. The van der Waals surface area contributed by atoms with Crippen molar-refractivity contribution in [1.29, 1.82) is 0 Å². The summed E-state index contributed by atoms with van der Waals surface area (Å²) >= 11 is 0. The Morgan fingerprint density at radius 1 is 0.938 bits per heavy atom. The number of nitrogens with zero attached hydrogens (tertiary/aromatic N) is 1. The Bertz CT molecular complexity index is 493. The first-order chi connectivity index (χ1) is 7.86. The zero-order chi connectivity index (χ0) is 11.0. The molecule has 0 amide bonds. The molecule has 0 radical (unpaired) electrons. The molecule has 2 aromatic rings. The Hall–Kier alpha value is -1.80. The maximum Gasteiger partial charge on any atom is 0.0782 e. The predicted octanol–water partition coefficient (Wildman–Crippen LogP) is 2.73. The van der Waals surface area contributed by atoms with Gasteiger partial charge in [-0.05, 0) is 11.6 Å². The number of rotatable bonds is 1. The molecule has 1 atom stereocenters. The van der Waals surface area contributed by atoms with Crippen molar-refractivity contribution in [3.8, 4) is 0 Å². The molecule has 16 heavy (non-hydrogen) atoms. The largest absolute Gasteiger partial charge is 0.310 e. The molecular formula is C14H14N2. The van der Waals surface area contributed by atoms with E-state index in [1.165, 1.54) is 16.8 Å². The van der Waals surface area contributed by atoms with E-state index in [9.17, 15) is 0 Å². The first-order valence-electron chi connectivity index (χ1n) is 5.50. The van der Waals surface area contributed by atoms with E-state index < -0.39 is 0 Å². The SMILES string of the molecule is CN1NC(c2ccccc2)c2ccccc21. The van der Waals surface area contributed by atoms with E-state index in [1.807, 2.05) is 6.07 Å². The number of hydrogen-bond acceptors (Lipinski definition) is 2. The van der Waals surface area contributed by atoms with Crippen LogP contribution in [0.1, 0.15) is 17.2 Å². The van der Waals surface area contributed by atoms with Crippen molar-refractivity contribution in [1.82, 2.24) is 5.43 Å². The number of para-hydroxylation sites is 1. The maximum atomic E-state index is 3.47. The summed E-state index contributed by atoms with van der Waals surface area (Å²) in [5.41, 5.74) is 7.38. The summed E-state index contributed by atoms with van der Waals surface area (Å²) in [6.45, 7) is 0. The van der Waals surface area contributed by atoms with Crippen LogP contribution in [0.5, 0.6) is 0 Å². The number of fused-ring (bicyclic) bond motifs is 1. The van der Waals surface area contributed by atoms with Crippen LogP contribution in [0, 0.1) is 0 Å². The molecular weight excluding hydrogens is 196 g/mol. The Kier molecular flexibility index (Phi) is 2.15. The van der Waals surface area contributed by atoms with E-state index in [4.69, 9.17) is 0 Å². The third-order valence-corrected chi connectivity index (χ3v) is 3.06. The Balaban J connectivity index is 2.07. The fourth-order valence-corrected chi connectivity index (χ4v) is 2.27. The van der Waals surface area contributed by atoms with Crippen molar-refractivity contribution < 1.29 is 0 Å². The van der Waals surface area contributed by atoms with Gasteiger partial charge in [0.25, 0.3) is 0 Å². The van der Waals surface area contributed by atoms with E-state index in [2.05, 4.69) is 66.0 Å². The van der Waals surface area contributed by atoms with Crippen LogP contribution < -0.4 is 10.4 Å². The molecule has 2 nitrogen and oxygen atoms in total. The molecule has 0 spiro atoms. The van der Waals surface area contributed by atoms with Gasteiger partial charge < -0.3 is 5.01 Å². The minimum atomic E-state index is 0.280. The van der Waals surface area contributed by atoms with Gasteiger partial charge in [-0.25, -0.2) is 5.43 Å². The summed E-state index contributed by atoms with van der Waals surface area (Å²) < 4.78 is 0. The zero-order valence-corrected chi connectivity index (χ0v) is 9.22. The molecule has 1 unspecified atom stereocenters. The molecule has 0 saturated heterocycles. The molecule has 0 saturated carbocycles. The summed E-state index contributed by atoms with van der Waals surface area (Å²) in [6, 6.07) is 19.3. The lowest BCUT2D eigenvalue weighted by Crippen LogP contribution is -2.30. The molecule has 2 heteroatoms. The maximum absolute atomic E-state index is 3.47. The van der Waals surface area contributed by atoms with Crippen molar-refractivity contribution in [2.24, 2.45) is 0 Å². The normalized spacial score (nSPS) is 18.6. The molecule has 1 N–H and O–H groups in total. The van der Waals surface area contributed by atoms with E-state index in [0.29, 0.717) is 0 Å². The van der Waals surface area contributed by atoms with Crippen LogP contribution in [0.2, 0.25) is 0 Å². The fourth-order valence-electron chi connectivity index (χ4n) is 2.27. The van der Waals surface area contributed by atoms with Crippen LogP contribution in [0.25, 0.3) is 0 Å². The van der Waals surface area contributed by atoms with Gasteiger partial charge in [0.05, 0.1) is 11.7 Å². The highest BCUT2D eigenvalue weighted by atomic mass is 15.5. The average molecular weight is 210 g/mol. The number of nitrogens with one attached hydrogen (secondary N) is 1. The lowest BCUT2D eigenvalue weighted by molar-refractivity contribution is 0.647. The Labute approximate surface area is 95.5 Å². The van der Waals surface area contributed by atoms with Crippen LogP contribution in [-0.2, 0) is 0 Å². The van der Waals surface area contributed by atoms with Crippen molar-refractivity contribution in [3.63, 3.8) is 0 Å². The second-order valence-electron chi connectivity index (χ2n) is 4.09. The molecule has 1 aliphatic heterocycles. The van der Waals surface area contributed by atoms with Crippen molar-refractivity contribution in [2.75, 3.05) is 12.1 Å². The van der Waals surface area contributed by atoms with Gasteiger partial charge in [0.15, 0.2) is 0 Å².